The van der Waals surface area contributed by atoms with Crippen molar-refractivity contribution in [1.29, 1.82) is 0 Å². The highest BCUT2D eigenvalue weighted by atomic mass is 35.5. The van der Waals surface area contributed by atoms with E-state index in [0.717, 1.165) is 6.07 Å². The van der Waals surface area contributed by atoms with Gasteiger partial charge in [-0.05, 0) is 18.2 Å². The summed E-state index contributed by atoms with van der Waals surface area (Å²) in [7, 11) is 0. The largest absolute Gasteiger partial charge is 0.374 e. The Bertz CT molecular complexity index is 724. The molecule has 0 bridgehead atoms. The molecule has 2 aromatic rings. The Balaban J connectivity index is 2.01. The number of anilines is 2. The summed E-state index contributed by atoms with van der Waals surface area (Å²) in [5.74, 6) is -5.07. The van der Waals surface area contributed by atoms with Crippen molar-refractivity contribution in [3.8, 4) is 0 Å². The van der Waals surface area contributed by atoms with Gasteiger partial charge in [0.2, 0.25) is 5.91 Å². The van der Waals surface area contributed by atoms with Crippen LogP contribution in [-0.4, -0.2) is 12.5 Å². The minimum atomic E-state index is -1.34. The first-order chi connectivity index (χ1) is 10.4. The first kappa shape index (κ1) is 16.1. The van der Waals surface area contributed by atoms with Gasteiger partial charge in [0.1, 0.15) is 11.6 Å². The van der Waals surface area contributed by atoms with Gasteiger partial charge in [-0.3, -0.25) is 4.79 Å². The van der Waals surface area contributed by atoms with E-state index in [2.05, 4.69) is 10.6 Å². The number of hydrogen-bond acceptors (Lipinski definition) is 2. The number of rotatable bonds is 4. The third-order valence-corrected chi connectivity index (χ3v) is 2.89. The molecule has 0 heterocycles. The summed E-state index contributed by atoms with van der Waals surface area (Å²) < 4.78 is 52.5. The van der Waals surface area contributed by atoms with Crippen LogP contribution in [0.2, 0.25) is 5.02 Å². The van der Waals surface area contributed by atoms with Crippen LogP contribution in [0.4, 0.5) is 28.9 Å². The van der Waals surface area contributed by atoms with Crippen LogP contribution in [0.3, 0.4) is 0 Å². The Hall–Kier alpha value is -2.28. The second-order valence-electron chi connectivity index (χ2n) is 4.27. The van der Waals surface area contributed by atoms with Crippen molar-refractivity contribution < 1.29 is 22.4 Å². The molecule has 0 saturated heterocycles. The molecule has 0 radical (unpaired) electrons. The molecule has 2 rings (SSSR count). The lowest BCUT2D eigenvalue weighted by Crippen LogP contribution is -2.22. The highest BCUT2D eigenvalue weighted by Gasteiger charge is 2.12. The first-order valence-electron chi connectivity index (χ1n) is 6.00. The normalized spacial score (nSPS) is 10.4. The lowest BCUT2D eigenvalue weighted by atomic mass is 10.2. The molecular weight excluding hydrogens is 324 g/mol. The lowest BCUT2D eigenvalue weighted by Gasteiger charge is -2.10. The Kier molecular flexibility index (Phi) is 4.87. The Morgan fingerprint density at radius 3 is 2.32 bits per heavy atom. The molecule has 0 saturated carbocycles. The van der Waals surface area contributed by atoms with Gasteiger partial charge in [0, 0.05) is 17.2 Å². The number of carbonyl (C=O) groups is 1. The zero-order valence-electron chi connectivity index (χ0n) is 10.9. The number of carbonyl (C=O) groups excluding carboxylic acids is 1. The fraction of sp³-hybridized carbons (Fsp3) is 0.0714. The van der Waals surface area contributed by atoms with Crippen LogP contribution in [0.15, 0.2) is 30.3 Å². The average Bonchev–Trinajstić information content (AvgIpc) is 2.45. The molecule has 0 unspecified atom stereocenters. The van der Waals surface area contributed by atoms with E-state index in [-0.39, 0.29) is 16.4 Å². The van der Waals surface area contributed by atoms with Gasteiger partial charge in [0.05, 0.1) is 17.9 Å². The molecule has 0 aliphatic carbocycles. The molecular formula is C14H9ClF4N2O. The standard InChI is InChI=1S/C14H9ClF4N2O/c15-7-1-2-8(16)13(3-7)21-14(22)6-20-12-5-10(18)9(17)4-11(12)19/h1-5,20H,6H2,(H,21,22). The lowest BCUT2D eigenvalue weighted by molar-refractivity contribution is -0.114. The molecule has 1 amide bonds. The van der Waals surface area contributed by atoms with Gasteiger partial charge in [-0.1, -0.05) is 11.6 Å². The minimum absolute atomic E-state index is 0.148. The van der Waals surface area contributed by atoms with Crippen molar-refractivity contribution >= 4 is 28.9 Å². The van der Waals surface area contributed by atoms with Crippen molar-refractivity contribution in [2.24, 2.45) is 0 Å². The smallest absolute Gasteiger partial charge is 0.243 e. The molecule has 2 aromatic carbocycles. The van der Waals surface area contributed by atoms with E-state index in [1.807, 2.05) is 0 Å². The number of nitrogens with one attached hydrogen (secondary N) is 2. The van der Waals surface area contributed by atoms with Gasteiger partial charge in [-0.15, -0.1) is 0 Å². The van der Waals surface area contributed by atoms with Crippen molar-refractivity contribution in [3.05, 3.63) is 58.6 Å². The minimum Gasteiger partial charge on any atom is -0.374 e. The van der Waals surface area contributed by atoms with Crippen LogP contribution in [0.5, 0.6) is 0 Å². The molecule has 0 aliphatic heterocycles. The van der Waals surface area contributed by atoms with E-state index >= 15 is 0 Å². The summed E-state index contributed by atoms with van der Waals surface area (Å²) in [5.41, 5.74) is -0.536. The fourth-order valence-electron chi connectivity index (χ4n) is 1.62. The first-order valence-corrected chi connectivity index (χ1v) is 6.38. The summed E-state index contributed by atoms with van der Waals surface area (Å²) in [5, 5.41) is 4.72. The second-order valence-corrected chi connectivity index (χ2v) is 4.71. The highest BCUT2D eigenvalue weighted by Crippen LogP contribution is 2.20. The zero-order chi connectivity index (χ0) is 16.3. The summed E-state index contributed by atoms with van der Waals surface area (Å²) in [6.45, 7) is -0.478. The predicted octanol–water partition coefficient (Wildman–Crippen LogP) is 3.95. The van der Waals surface area contributed by atoms with E-state index in [1.54, 1.807) is 0 Å². The maximum Gasteiger partial charge on any atom is 0.243 e. The van der Waals surface area contributed by atoms with Gasteiger partial charge in [0.15, 0.2) is 11.6 Å². The maximum atomic E-state index is 13.4. The molecule has 0 fully saturated rings. The average molecular weight is 333 g/mol. The highest BCUT2D eigenvalue weighted by molar-refractivity contribution is 6.30. The molecule has 8 heteroatoms. The summed E-state index contributed by atoms with van der Waals surface area (Å²) in [6.07, 6.45) is 0. The molecule has 116 valence electrons. The quantitative estimate of drug-likeness (QED) is 0.657. The van der Waals surface area contributed by atoms with Gasteiger partial charge >= 0.3 is 0 Å². The van der Waals surface area contributed by atoms with E-state index in [4.69, 9.17) is 11.6 Å². The van der Waals surface area contributed by atoms with Crippen molar-refractivity contribution in [3.63, 3.8) is 0 Å². The van der Waals surface area contributed by atoms with E-state index < -0.39 is 35.7 Å². The van der Waals surface area contributed by atoms with Gasteiger partial charge in [-0.2, -0.15) is 0 Å². The van der Waals surface area contributed by atoms with Crippen LogP contribution in [0.25, 0.3) is 0 Å². The van der Waals surface area contributed by atoms with Gasteiger partial charge in [0.25, 0.3) is 0 Å². The number of halogens is 5. The van der Waals surface area contributed by atoms with Gasteiger partial charge in [-0.25, -0.2) is 17.6 Å². The molecule has 0 atom stereocenters. The van der Waals surface area contributed by atoms with Crippen molar-refractivity contribution in [2.75, 3.05) is 17.2 Å². The monoisotopic (exact) mass is 332 g/mol. The topological polar surface area (TPSA) is 41.1 Å². The summed E-state index contributed by atoms with van der Waals surface area (Å²) >= 11 is 5.67. The van der Waals surface area contributed by atoms with Crippen LogP contribution in [0.1, 0.15) is 0 Å². The summed E-state index contributed by atoms with van der Waals surface area (Å²) in [4.78, 5) is 11.6. The second kappa shape index (κ2) is 6.65. The Morgan fingerprint density at radius 1 is 0.909 bits per heavy atom. The Labute approximate surface area is 127 Å². The third kappa shape index (κ3) is 3.88. The number of amides is 1. The molecule has 22 heavy (non-hydrogen) atoms. The van der Waals surface area contributed by atoms with Crippen LogP contribution >= 0.6 is 11.6 Å². The number of hydrogen-bond donors (Lipinski definition) is 2. The predicted molar refractivity (Wildman–Crippen MR) is 74.8 cm³/mol. The SMILES string of the molecule is O=C(CNc1cc(F)c(F)cc1F)Nc1cc(Cl)ccc1F. The molecule has 2 N–H and O–H groups in total. The fourth-order valence-corrected chi connectivity index (χ4v) is 1.79. The van der Waals surface area contributed by atoms with Crippen molar-refractivity contribution in [1.82, 2.24) is 0 Å². The molecule has 0 spiro atoms. The third-order valence-electron chi connectivity index (χ3n) is 2.65. The molecule has 0 aromatic heterocycles. The van der Waals surface area contributed by atoms with E-state index in [1.165, 1.54) is 12.1 Å². The van der Waals surface area contributed by atoms with Crippen LogP contribution in [-0.2, 0) is 4.79 Å². The van der Waals surface area contributed by atoms with E-state index in [9.17, 15) is 22.4 Å². The number of benzene rings is 2. The van der Waals surface area contributed by atoms with Crippen LogP contribution in [0, 0.1) is 23.3 Å². The van der Waals surface area contributed by atoms with Crippen LogP contribution < -0.4 is 10.6 Å². The summed E-state index contributed by atoms with van der Waals surface area (Å²) in [6, 6.07) is 4.51. The zero-order valence-corrected chi connectivity index (χ0v) is 11.6. The van der Waals surface area contributed by atoms with Crippen molar-refractivity contribution in [2.45, 2.75) is 0 Å². The van der Waals surface area contributed by atoms with E-state index in [0.29, 0.717) is 12.1 Å². The van der Waals surface area contributed by atoms with Gasteiger partial charge < -0.3 is 10.6 Å². The molecule has 3 nitrogen and oxygen atoms in total. The molecule has 0 aliphatic rings. The maximum absolute atomic E-state index is 13.4. The Morgan fingerprint density at radius 2 is 1.59 bits per heavy atom.